The average molecular weight is 162 g/mol. The molecular weight excluding hydrogens is 152 g/mol. The molecule has 2 N–H and O–H groups in total. The van der Waals surface area contributed by atoms with E-state index in [0.717, 1.165) is 0 Å². The average Bonchev–Trinajstić information content (AvgIpc) is 0.811. The van der Waals surface area contributed by atoms with Crippen molar-refractivity contribution in [3.63, 3.8) is 0 Å². The van der Waals surface area contributed by atoms with Crippen LogP contribution in [0.15, 0.2) is 0 Å². The second-order valence-electron chi connectivity index (χ2n) is 0.283. The molecule has 5 heteroatoms. The van der Waals surface area contributed by atoms with E-state index < -0.39 is 6.16 Å². The van der Waals surface area contributed by atoms with Crippen molar-refractivity contribution in [2.75, 3.05) is 0 Å². The standard InChI is InChI=1S/CH2O3.CH4.2Ca.4H/c2-1(3)4;;;;;;;/h(H2,2,3,4);1H4;;;;;;. The van der Waals surface area contributed by atoms with Crippen molar-refractivity contribution in [2.24, 2.45) is 0 Å². The Labute approximate surface area is 102 Å². The van der Waals surface area contributed by atoms with Crippen LogP contribution in [0.2, 0.25) is 0 Å². The van der Waals surface area contributed by atoms with Gasteiger partial charge < -0.3 is 10.2 Å². The normalized spacial score (nSPS) is 3.43. The van der Waals surface area contributed by atoms with Gasteiger partial charge in [0.05, 0.1) is 0 Å². The van der Waals surface area contributed by atoms with Crippen molar-refractivity contribution in [1.82, 2.24) is 0 Å². The van der Waals surface area contributed by atoms with Gasteiger partial charge in [-0.15, -0.1) is 0 Å². The number of carbonyl (C=O) groups is 1. The van der Waals surface area contributed by atoms with Crippen LogP contribution in [0, 0.1) is 0 Å². The summed E-state index contributed by atoms with van der Waals surface area (Å²) in [7, 11) is 0. The summed E-state index contributed by atoms with van der Waals surface area (Å²) in [5, 5.41) is 13.9. The molecule has 0 bridgehead atoms. The molecule has 0 heterocycles. The number of hydrogen-bond donors (Lipinski definition) is 2. The topological polar surface area (TPSA) is 57.5 Å². The molecule has 0 aliphatic rings. The minimum atomic E-state index is -1.83. The van der Waals surface area contributed by atoms with Crippen molar-refractivity contribution in [1.29, 1.82) is 0 Å². The third-order valence-electron chi connectivity index (χ3n) is 0. The first kappa shape index (κ1) is 23.2. The van der Waals surface area contributed by atoms with E-state index >= 15 is 0 Å². The second kappa shape index (κ2) is 15.7. The summed E-state index contributed by atoms with van der Waals surface area (Å²) in [5.74, 6) is 0. The Morgan fingerprint density at radius 1 is 1.14 bits per heavy atom. The van der Waals surface area contributed by atoms with Gasteiger partial charge in [-0.1, -0.05) is 7.43 Å². The molecule has 0 spiro atoms. The zero-order valence-electron chi connectivity index (χ0n) is 1.80. The Kier molecular flexibility index (Phi) is 52.0. The zero-order chi connectivity index (χ0) is 3.58. The van der Waals surface area contributed by atoms with Gasteiger partial charge in [0, 0.05) is 0 Å². The quantitative estimate of drug-likeness (QED) is 0.450. The number of rotatable bonds is 0. The first-order valence-corrected chi connectivity index (χ1v) is 0.651. The van der Waals surface area contributed by atoms with Crippen molar-refractivity contribution < 1.29 is 15.0 Å². The molecule has 40 valence electrons. The first-order chi connectivity index (χ1) is 1.73. The maximum absolute atomic E-state index is 8.56. The molecule has 0 saturated heterocycles. The van der Waals surface area contributed by atoms with Crippen LogP contribution in [-0.2, 0) is 0 Å². The molecule has 0 fully saturated rings. The monoisotopic (exact) mass is 162 g/mol. The molecule has 0 radical (unpaired) electrons. The molecule has 0 amide bonds. The fraction of sp³-hybridized carbons (Fsp3) is 0.500. The summed E-state index contributed by atoms with van der Waals surface area (Å²) in [5.41, 5.74) is 0. The van der Waals surface area contributed by atoms with Crippen LogP contribution < -0.4 is 0 Å². The van der Waals surface area contributed by atoms with E-state index in [0.29, 0.717) is 0 Å². The molecule has 3 nitrogen and oxygen atoms in total. The SMILES string of the molecule is C.O=C(O)O.[CaH2].[CaH2]. The van der Waals surface area contributed by atoms with Crippen LogP contribution in [0.25, 0.3) is 0 Å². The molecule has 0 atom stereocenters. The number of carboxylic acid groups (broad SMARTS) is 2. The van der Waals surface area contributed by atoms with E-state index in [1.165, 1.54) is 0 Å². The Hall–Kier alpha value is 1.79. The summed E-state index contributed by atoms with van der Waals surface area (Å²) < 4.78 is 0. The molecule has 0 aliphatic heterocycles. The van der Waals surface area contributed by atoms with Crippen molar-refractivity contribution in [3.8, 4) is 0 Å². The molecule has 0 aromatic carbocycles. The summed E-state index contributed by atoms with van der Waals surface area (Å²) in [6, 6.07) is 0. The molecule has 0 aromatic heterocycles. The molecule has 7 heavy (non-hydrogen) atoms. The van der Waals surface area contributed by atoms with Crippen molar-refractivity contribution in [3.05, 3.63) is 0 Å². The molecular formula is C2H10Ca2O3. The first-order valence-electron chi connectivity index (χ1n) is 0.651. The van der Waals surface area contributed by atoms with Crippen LogP contribution in [0.3, 0.4) is 0 Å². The summed E-state index contributed by atoms with van der Waals surface area (Å²) in [6.07, 6.45) is -1.83. The molecule has 0 saturated carbocycles. The molecule has 0 unspecified atom stereocenters. The zero-order valence-corrected chi connectivity index (χ0v) is 1.80. The van der Waals surface area contributed by atoms with Gasteiger partial charge in [0.25, 0.3) is 0 Å². The molecule has 0 rings (SSSR count). The summed E-state index contributed by atoms with van der Waals surface area (Å²) in [4.78, 5) is 8.56. The third-order valence-corrected chi connectivity index (χ3v) is 0. The Morgan fingerprint density at radius 2 is 1.14 bits per heavy atom. The van der Waals surface area contributed by atoms with Crippen LogP contribution in [0.4, 0.5) is 4.79 Å². The van der Waals surface area contributed by atoms with Gasteiger partial charge in [-0.2, -0.15) is 0 Å². The molecule has 0 aliphatic carbocycles. The number of hydrogen-bond acceptors (Lipinski definition) is 1. The van der Waals surface area contributed by atoms with Crippen LogP contribution in [-0.4, -0.2) is 91.8 Å². The van der Waals surface area contributed by atoms with Gasteiger partial charge >= 0.3 is 81.6 Å². The Balaban J connectivity index is -0.0000000150. The predicted molar refractivity (Wildman–Crippen MR) is 34.5 cm³/mol. The summed E-state index contributed by atoms with van der Waals surface area (Å²) in [6.45, 7) is 0. The minimum absolute atomic E-state index is 0. The van der Waals surface area contributed by atoms with Crippen molar-refractivity contribution in [2.45, 2.75) is 7.43 Å². The van der Waals surface area contributed by atoms with Gasteiger partial charge in [0.15, 0.2) is 0 Å². The third kappa shape index (κ3) is 81.5. The maximum atomic E-state index is 8.56. The summed E-state index contributed by atoms with van der Waals surface area (Å²) >= 11 is 0. The van der Waals surface area contributed by atoms with E-state index in [1.54, 1.807) is 0 Å². The van der Waals surface area contributed by atoms with Gasteiger partial charge in [0.1, 0.15) is 0 Å². The van der Waals surface area contributed by atoms with Gasteiger partial charge in [-0.3, -0.25) is 0 Å². The van der Waals surface area contributed by atoms with Crippen LogP contribution in [0.5, 0.6) is 0 Å². The van der Waals surface area contributed by atoms with Crippen LogP contribution in [0.1, 0.15) is 7.43 Å². The van der Waals surface area contributed by atoms with E-state index in [9.17, 15) is 0 Å². The molecule has 0 aromatic rings. The Bertz CT molecular complexity index is 33.9. The predicted octanol–water partition coefficient (Wildman–Crippen LogP) is -0.974. The second-order valence-corrected chi connectivity index (χ2v) is 0.283. The van der Waals surface area contributed by atoms with E-state index in [-0.39, 0.29) is 82.9 Å². The van der Waals surface area contributed by atoms with Gasteiger partial charge in [-0.25, -0.2) is 4.79 Å². The fourth-order valence-corrected chi connectivity index (χ4v) is 0. The fourth-order valence-electron chi connectivity index (χ4n) is 0. The van der Waals surface area contributed by atoms with E-state index in [1.807, 2.05) is 0 Å². The van der Waals surface area contributed by atoms with Crippen LogP contribution >= 0.6 is 0 Å². The van der Waals surface area contributed by atoms with Crippen molar-refractivity contribution >= 4 is 81.6 Å². The van der Waals surface area contributed by atoms with Gasteiger partial charge in [0.2, 0.25) is 0 Å². The van der Waals surface area contributed by atoms with E-state index in [4.69, 9.17) is 15.0 Å². The van der Waals surface area contributed by atoms with Gasteiger partial charge in [-0.05, 0) is 0 Å². The van der Waals surface area contributed by atoms with E-state index in [2.05, 4.69) is 0 Å². The Morgan fingerprint density at radius 3 is 1.14 bits per heavy atom.